The first-order valence-electron chi connectivity index (χ1n) is 6.62. The van der Waals surface area contributed by atoms with Crippen molar-refractivity contribution in [2.24, 2.45) is 0 Å². The Morgan fingerprint density at radius 1 is 1.40 bits per heavy atom. The molecule has 1 N–H and O–H groups in total. The molecule has 20 heavy (non-hydrogen) atoms. The standard InChI is InChI=1S/C14H19ClN2O2S/c1-3-4-5-6-11(2)17-20(18,19)14-8-7-12(10-16)9-13(14)15/h7-9,11,17H,3-6H2,1-2H3. The molecule has 0 spiro atoms. The van der Waals surface area contributed by atoms with Crippen LogP contribution in [0.25, 0.3) is 0 Å². The minimum Gasteiger partial charge on any atom is -0.208 e. The Hall–Kier alpha value is -1.09. The first-order chi connectivity index (χ1) is 9.40. The SMILES string of the molecule is CCCCCC(C)NS(=O)(=O)c1ccc(C#N)cc1Cl. The van der Waals surface area contributed by atoms with Crippen molar-refractivity contribution in [3.8, 4) is 6.07 Å². The second-order valence-corrected chi connectivity index (χ2v) is 6.86. The molecule has 4 nitrogen and oxygen atoms in total. The lowest BCUT2D eigenvalue weighted by Gasteiger charge is -2.14. The van der Waals surface area contributed by atoms with Crippen LogP contribution in [0, 0.1) is 11.3 Å². The number of benzene rings is 1. The monoisotopic (exact) mass is 314 g/mol. The van der Waals surface area contributed by atoms with E-state index in [9.17, 15) is 8.42 Å². The lowest BCUT2D eigenvalue weighted by molar-refractivity contribution is 0.527. The van der Waals surface area contributed by atoms with E-state index in [4.69, 9.17) is 16.9 Å². The quantitative estimate of drug-likeness (QED) is 0.783. The molecule has 0 aliphatic carbocycles. The van der Waals surface area contributed by atoms with Crippen LogP contribution in [0.2, 0.25) is 5.02 Å². The molecule has 0 aliphatic rings. The van der Waals surface area contributed by atoms with E-state index in [-0.39, 0.29) is 16.0 Å². The smallest absolute Gasteiger partial charge is 0.208 e. The number of unbranched alkanes of at least 4 members (excludes halogenated alkanes) is 2. The number of rotatable bonds is 7. The zero-order valence-electron chi connectivity index (χ0n) is 11.7. The summed E-state index contributed by atoms with van der Waals surface area (Å²) < 4.78 is 27.0. The third-order valence-electron chi connectivity index (χ3n) is 2.95. The Labute approximate surface area is 125 Å². The van der Waals surface area contributed by atoms with Crippen LogP contribution in [0.3, 0.4) is 0 Å². The molecule has 0 radical (unpaired) electrons. The summed E-state index contributed by atoms with van der Waals surface area (Å²) >= 11 is 5.93. The molecule has 1 aromatic rings. The number of sulfonamides is 1. The maximum absolute atomic E-state index is 12.2. The van der Waals surface area contributed by atoms with Crippen molar-refractivity contribution >= 4 is 21.6 Å². The van der Waals surface area contributed by atoms with Crippen LogP contribution >= 0.6 is 11.6 Å². The molecule has 6 heteroatoms. The fourth-order valence-electron chi connectivity index (χ4n) is 1.88. The summed E-state index contributed by atoms with van der Waals surface area (Å²) in [7, 11) is -3.64. The third-order valence-corrected chi connectivity index (χ3v) is 5.02. The van der Waals surface area contributed by atoms with Gasteiger partial charge in [-0.2, -0.15) is 5.26 Å². The summed E-state index contributed by atoms with van der Waals surface area (Å²) in [5.74, 6) is 0. The van der Waals surface area contributed by atoms with Gasteiger partial charge in [-0.3, -0.25) is 0 Å². The molecule has 0 bridgehead atoms. The zero-order chi connectivity index (χ0) is 15.2. The molecule has 0 saturated carbocycles. The molecule has 1 unspecified atom stereocenters. The van der Waals surface area contributed by atoms with Gasteiger partial charge in [0.05, 0.1) is 16.7 Å². The Bertz CT molecular complexity index is 594. The van der Waals surface area contributed by atoms with Gasteiger partial charge in [0.15, 0.2) is 0 Å². The van der Waals surface area contributed by atoms with Gasteiger partial charge in [-0.25, -0.2) is 13.1 Å². The second-order valence-electron chi connectivity index (χ2n) is 4.78. The Balaban J connectivity index is 2.81. The highest BCUT2D eigenvalue weighted by Crippen LogP contribution is 2.22. The van der Waals surface area contributed by atoms with Crippen molar-refractivity contribution in [3.63, 3.8) is 0 Å². The van der Waals surface area contributed by atoms with E-state index in [1.807, 2.05) is 13.0 Å². The van der Waals surface area contributed by atoms with Crippen molar-refractivity contribution in [1.29, 1.82) is 5.26 Å². The summed E-state index contributed by atoms with van der Waals surface area (Å²) in [4.78, 5) is 0.0144. The highest BCUT2D eigenvalue weighted by molar-refractivity contribution is 7.89. The molecular formula is C14H19ClN2O2S. The first-order valence-corrected chi connectivity index (χ1v) is 8.48. The topological polar surface area (TPSA) is 70.0 Å². The van der Waals surface area contributed by atoms with E-state index < -0.39 is 10.0 Å². The molecule has 1 rings (SSSR count). The van der Waals surface area contributed by atoms with Gasteiger partial charge in [0, 0.05) is 6.04 Å². The molecule has 0 aromatic heterocycles. The molecule has 1 aromatic carbocycles. The molecule has 0 heterocycles. The van der Waals surface area contributed by atoms with Crippen molar-refractivity contribution in [2.75, 3.05) is 0 Å². The van der Waals surface area contributed by atoms with Crippen LogP contribution in [-0.2, 0) is 10.0 Å². The van der Waals surface area contributed by atoms with E-state index in [1.54, 1.807) is 0 Å². The van der Waals surface area contributed by atoms with Gasteiger partial charge in [0.2, 0.25) is 10.0 Å². The maximum atomic E-state index is 12.2. The van der Waals surface area contributed by atoms with E-state index >= 15 is 0 Å². The van der Waals surface area contributed by atoms with Crippen molar-refractivity contribution in [3.05, 3.63) is 28.8 Å². The predicted molar refractivity (Wildman–Crippen MR) is 80.1 cm³/mol. The van der Waals surface area contributed by atoms with Crippen molar-refractivity contribution in [2.45, 2.75) is 50.5 Å². The Morgan fingerprint density at radius 2 is 2.10 bits per heavy atom. The van der Waals surface area contributed by atoms with Crippen molar-refractivity contribution < 1.29 is 8.42 Å². The average Bonchev–Trinajstić information content (AvgIpc) is 2.37. The van der Waals surface area contributed by atoms with E-state index in [0.717, 1.165) is 25.7 Å². The molecule has 1 atom stereocenters. The minimum absolute atomic E-state index is 0.0144. The normalized spacial score (nSPS) is 12.9. The van der Waals surface area contributed by atoms with Gasteiger partial charge in [0.25, 0.3) is 0 Å². The van der Waals surface area contributed by atoms with E-state index in [1.165, 1.54) is 18.2 Å². The van der Waals surface area contributed by atoms with Crippen LogP contribution in [0.5, 0.6) is 0 Å². The van der Waals surface area contributed by atoms with E-state index in [2.05, 4.69) is 11.6 Å². The van der Waals surface area contributed by atoms with Gasteiger partial charge in [-0.15, -0.1) is 0 Å². The Kier molecular flexibility index (Phi) is 6.47. The van der Waals surface area contributed by atoms with Crippen LogP contribution in [0.15, 0.2) is 23.1 Å². The lowest BCUT2D eigenvalue weighted by atomic mass is 10.1. The highest BCUT2D eigenvalue weighted by Gasteiger charge is 2.20. The maximum Gasteiger partial charge on any atom is 0.242 e. The fraction of sp³-hybridized carbons (Fsp3) is 0.500. The summed E-state index contributed by atoms with van der Waals surface area (Å²) in [5, 5.41) is 8.81. The largest absolute Gasteiger partial charge is 0.242 e. The molecular weight excluding hydrogens is 296 g/mol. The number of nitriles is 1. The summed E-state index contributed by atoms with van der Waals surface area (Å²) in [6.07, 6.45) is 3.97. The summed E-state index contributed by atoms with van der Waals surface area (Å²) in [6.45, 7) is 3.94. The highest BCUT2D eigenvalue weighted by atomic mass is 35.5. The third kappa shape index (κ3) is 4.78. The molecule has 110 valence electrons. The van der Waals surface area contributed by atoms with E-state index in [0.29, 0.717) is 5.56 Å². The van der Waals surface area contributed by atoms with Gasteiger partial charge in [-0.05, 0) is 31.5 Å². The summed E-state index contributed by atoms with van der Waals surface area (Å²) in [6, 6.07) is 5.95. The van der Waals surface area contributed by atoms with Crippen LogP contribution < -0.4 is 4.72 Å². The zero-order valence-corrected chi connectivity index (χ0v) is 13.3. The minimum atomic E-state index is -3.64. The number of hydrogen-bond acceptors (Lipinski definition) is 3. The number of hydrogen-bond donors (Lipinski definition) is 1. The van der Waals surface area contributed by atoms with Crippen LogP contribution in [0.4, 0.5) is 0 Å². The van der Waals surface area contributed by atoms with Gasteiger partial charge in [-0.1, -0.05) is 37.8 Å². The average molecular weight is 315 g/mol. The van der Waals surface area contributed by atoms with Gasteiger partial charge in [0.1, 0.15) is 4.90 Å². The summed E-state index contributed by atoms with van der Waals surface area (Å²) in [5.41, 5.74) is 0.338. The number of nitrogens with zero attached hydrogens (tertiary/aromatic N) is 1. The van der Waals surface area contributed by atoms with Crippen LogP contribution in [-0.4, -0.2) is 14.5 Å². The van der Waals surface area contributed by atoms with Gasteiger partial charge < -0.3 is 0 Å². The fourth-order valence-corrected chi connectivity index (χ4v) is 3.70. The molecule has 0 aliphatic heterocycles. The first kappa shape index (κ1) is 17.0. The Morgan fingerprint density at radius 3 is 2.65 bits per heavy atom. The van der Waals surface area contributed by atoms with Crippen LogP contribution in [0.1, 0.15) is 45.1 Å². The second kappa shape index (κ2) is 7.63. The molecule has 0 saturated heterocycles. The molecule has 0 fully saturated rings. The predicted octanol–water partition coefficient (Wildman–Crippen LogP) is 3.46. The number of nitrogens with one attached hydrogen (secondary N) is 1. The number of halogens is 1. The lowest BCUT2D eigenvalue weighted by Crippen LogP contribution is -2.32. The van der Waals surface area contributed by atoms with Gasteiger partial charge >= 0.3 is 0 Å². The van der Waals surface area contributed by atoms with Crippen molar-refractivity contribution in [1.82, 2.24) is 4.72 Å². The molecule has 0 amide bonds.